The number of carbonyl (C=O) groups excluding carboxylic acids is 1. The van der Waals surface area contributed by atoms with Crippen molar-refractivity contribution >= 4 is 5.97 Å². The van der Waals surface area contributed by atoms with Crippen LogP contribution in [0.1, 0.15) is 30.5 Å². The highest BCUT2D eigenvalue weighted by atomic mass is 16.5. The summed E-state index contributed by atoms with van der Waals surface area (Å²) in [6, 6.07) is 17.1. The maximum atomic E-state index is 11.5. The summed E-state index contributed by atoms with van der Waals surface area (Å²) < 4.78 is 10.7. The molecule has 0 aliphatic carbocycles. The maximum absolute atomic E-state index is 11.5. The van der Waals surface area contributed by atoms with Crippen molar-refractivity contribution in [3.63, 3.8) is 0 Å². The van der Waals surface area contributed by atoms with Crippen LogP contribution in [0, 0.1) is 0 Å². The number of nitrogens with two attached hydrogens (primary N) is 1. The third-order valence-electron chi connectivity index (χ3n) is 3.23. The van der Waals surface area contributed by atoms with Crippen LogP contribution in [0.25, 0.3) is 0 Å². The number of rotatable bonds is 7. The number of carbonyl (C=O) groups is 1. The first kappa shape index (κ1) is 16.0. The highest BCUT2D eigenvalue weighted by Gasteiger charge is 2.13. The lowest BCUT2D eigenvalue weighted by Crippen LogP contribution is -2.17. The standard InChI is InChI=1S/C18H21NO3/c1-2-21-18(20)12-17(19)15-9-6-10-16(11-15)22-13-14-7-4-3-5-8-14/h3-11,17H,2,12-13,19H2,1H3/t17-/m0/s1. The molecule has 116 valence electrons. The van der Waals surface area contributed by atoms with Crippen molar-refractivity contribution in [2.45, 2.75) is 26.0 Å². The summed E-state index contributed by atoms with van der Waals surface area (Å²) in [5, 5.41) is 0. The van der Waals surface area contributed by atoms with Crippen molar-refractivity contribution < 1.29 is 14.3 Å². The summed E-state index contributed by atoms with van der Waals surface area (Å²) in [6.07, 6.45) is 0.163. The lowest BCUT2D eigenvalue weighted by molar-refractivity contribution is -0.143. The normalized spacial score (nSPS) is 11.7. The summed E-state index contributed by atoms with van der Waals surface area (Å²) in [6.45, 7) is 2.64. The first-order chi connectivity index (χ1) is 10.7. The molecule has 0 fully saturated rings. The molecule has 0 bridgehead atoms. The Kier molecular flexibility index (Phi) is 5.98. The molecule has 0 amide bonds. The summed E-state index contributed by atoms with van der Waals surface area (Å²) in [4.78, 5) is 11.5. The molecule has 0 unspecified atom stereocenters. The smallest absolute Gasteiger partial charge is 0.307 e. The molecule has 2 aromatic carbocycles. The van der Waals surface area contributed by atoms with E-state index in [1.54, 1.807) is 6.92 Å². The second-order valence-electron chi connectivity index (χ2n) is 4.96. The van der Waals surface area contributed by atoms with E-state index in [1.807, 2.05) is 54.6 Å². The third-order valence-corrected chi connectivity index (χ3v) is 3.23. The van der Waals surface area contributed by atoms with Crippen LogP contribution in [0.2, 0.25) is 0 Å². The fourth-order valence-corrected chi connectivity index (χ4v) is 2.09. The summed E-state index contributed by atoms with van der Waals surface area (Å²) >= 11 is 0. The van der Waals surface area contributed by atoms with E-state index < -0.39 is 0 Å². The van der Waals surface area contributed by atoms with Gasteiger partial charge in [0.1, 0.15) is 12.4 Å². The molecule has 0 heterocycles. The number of hydrogen-bond acceptors (Lipinski definition) is 4. The Morgan fingerprint density at radius 3 is 2.64 bits per heavy atom. The third kappa shape index (κ3) is 4.90. The van der Waals surface area contributed by atoms with Crippen LogP contribution in [-0.2, 0) is 16.1 Å². The lowest BCUT2D eigenvalue weighted by Gasteiger charge is -2.13. The minimum Gasteiger partial charge on any atom is -0.489 e. The quantitative estimate of drug-likeness (QED) is 0.797. The SMILES string of the molecule is CCOC(=O)C[C@H](N)c1cccc(OCc2ccccc2)c1. The molecule has 22 heavy (non-hydrogen) atoms. The fourth-order valence-electron chi connectivity index (χ4n) is 2.09. The molecule has 1 atom stereocenters. The van der Waals surface area contributed by atoms with E-state index in [2.05, 4.69) is 0 Å². The Bertz CT molecular complexity index is 598. The van der Waals surface area contributed by atoms with Crippen LogP contribution in [0.3, 0.4) is 0 Å². The van der Waals surface area contributed by atoms with Gasteiger partial charge in [-0.2, -0.15) is 0 Å². The van der Waals surface area contributed by atoms with Crippen molar-refractivity contribution in [2.75, 3.05) is 6.61 Å². The first-order valence-corrected chi connectivity index (χ1v) is 7.37. The molecule has 4 heteroatoms. The van der Waals surface area contributed by atoms with Gasteiger partial charge in [0.05, 0.1) is 13.0 Å². The average Bonchev–Trinajstić information content (AvgIpc) is 2.54. The molecule has 2 N–H and O–H groups in total. The van der Waals surface area contributed by atoms with Gasteiger partial charge in [-0.25, -0.2) is 0 Å². The van der Waals surface area contributed by atoms with E-state index in [0.717, 1.165) is 16.9 Å². The van der Waals surface area contributed by atoms with E-state index in [4.69, 9.17) is 15.2 Å². The summed E-state index contributed by atoms with van der Waals surface area (Å²) in [7, 11) is 0. The highest BCUT2D eigenvalue weighted by molar-refractivity contribution is 5.70. The predicted octanol–water partition coefficient (Wildman–Crippen LogP) is 3.22. The van der Waals surface area contributed by atoms with Crippen LogP contribution < -0.4 is 10.5 Å². The number of ether oxygens (including phenoxy) is 2. The van der Waals surface area contributed by atoms with E-state index in [1.165, 1.54) is 0 Å². The zero-order chi connectivity index (χ0) is 15.8. The van der Waals surface area contributed by atoms with Gasteiger partial charge in [0.25, 0.3) is 0 Å². The molecule has 4 nitrogen and oxygen atoms in total. The van der Waals surface area contributed by atoms with Gasteiger partial charge in [0.15, 0.2) is 0 Å². The van der Waals surface area contributed by atoms with E-state index in [0.29, 0.717) is 13.2 Å². The Morgan fingerprint density at radius 2 is 1.91 bits per heavy atom. The molecule has 0 aromatic heterocycles. The van der Waals surface area contributed by atoms with E-state index in [-0.39, 0.29) is 18.4 Å². The topological polar surface area (TPSA) is 61.5 Å². The van der Waals surface area contributed by atoms with Crippen LogP contribution in [-0.4, -0.2) is 12.6 Å². The van der Waals surface area contributed by atoms with Gasteiger partial charge in [-0.1, -0.05) is 42.5 Å². The molecule has 0 spiro atoms. The monoisotopic (exact) mass is 299 g/mol. The van der Waals surface area contributed by atoms with Crippen molar-refractivity contribution in [2.24, 2.45) is 5.73 Å². The summed E-state index contributed by atoms with van der Waals surface area (Å²) in [5.74, 6) is 0.450. The van der Waals surface area contributed by atoms with Gasteiger partial charge < -0.3 is 15.2 Å². The van der Waals surface area contributed by atoms with Gasteiger partial charge in [-0.3, -0.25) is 4.79 Å². The zero-order valence-corrected chi connectivity index (χ0v) is 12.7. The minimum absolute atomic E-state index is 0.163. The van der Waals surface area contributed by atoms with Crippen LogP contribution >= 0.6 is 0 Å². The Hall–Kier alpha value is -2.33. The summed E-state index contributed by atoms with van der Waals surface area (Å²) in [5.41, 5.74) is 8.01. The Balaban J connectivity index is 1.95. The van der Waals surface area contributed by atoms with Crippen LogP contribution in [0.15, 0.2) is 54.6 Å². The number of benzene rings is 2. The van der Waals surface area contributed by atoms with Crippen molar-refractivity contribution in [3.8, 4) is 5.75 Å². The van der Waals surface area contributed by atoms with Gasteiger partial charge in [0, 0.05) is 6.04 Å². The zero-order valence-electron chi connectivity index (χ0n) is 12.7. The second kappa shape index (κ2) is 8.20. The molecule has 2 rings (SSSR count). The molecule has 0 aliphatic rings. The number of hydrogen-bond donors (Lipinski definition) is 1. The Labute approximate surface area is 130 Å². The van der Waals surface area contributed by atoms with Crippen molar-refractivity contribution in [1.82, 2.24) is 0 Å². The Morgan fingerprint density at radius 1 is 1.14 bits per heavy atom. The second-order valence-corrected chi connectivity index (χ2v) is 4.96. The van der Waals surface area contributed by atoms with Gasteiger partial charge in [-0.15, -0.1) is 0 Å². The van der Waals surface area contributed by atoms with E-state index in [9.17, 15) is 4.79 Å². The largest absolute Gasteiger partial charge is 0.489 e. The fraction of sp³-hybridized carbons (Fsp3) is 0.278. The van der Waals surface area contributed by atoms with Crippen LogP contribution in [0.5, 0.6) is 5.75 Å². The van der Waals surface area contributed by atoms with Crippen molar-refractivity contribution in [3.05, 3.63) is 65.7 Å². The molecular weight excluding hydrogens is 278 g/mol. The minimum atomic E-state index is -0.390. The van der Waals surface area contributed by atoms with Crippen molar-refractivity contribution in [1.29, 1.82) is 0 Å². The van der Waals surface area contributed by atoms with Gasteiger partial charge >= 0.3 is 5.97 Å². The first-order valence-electron chi connectivity index (χ1n) is 7.37. The maximum Gasteiger partial charge on any atom is 0.307 e. The van der Waals surface area contributed by atoms with Gasteiger partial charge in [0.2, 0.25) is 0 Å². The molecule has 0 saturated carbocycles. The average molecular weight is 299 g/mol. The molecule has 0 saturated heterocycles. The van der Waals surface area contributed by atoms with Crippen LogP contribution in [0.4, 0.5) is 0 Å². The highest BCUT2D eigenvalue weighted by Crippen LogP contribution is 2.21. The lowest BCUT2D eigenvalue weighted by atomic mass is 10.0. The predicted molar refractivity (Wildman–Crippen MR) is 85.4 cm³/mol. The molecule has 0 aliphatic heterocycles. The van der Waals surface area contributed by atoms with Gasteiger partial charge in [-0.05, 0) is 30.2 Å². The molecule has 2 aromatic rings. The van der Waals surface area contributed by atoms with E-state index >= 15 is 0 Å². The molecule has 0 radical (unpaired) electrons. The molecular formula is C18H21NO3. The number of esters is 1.